The third-order valence-corrected chi connectivity index (χ3v) is 5.32. The van der Waals surface area contributed by atoms with Crippen LogP contribution in [-0.4, -0.2) is 45.5 Å². The number of hydrogen-bond acceptors (Lipinski definition) is 4. The first-order valence-corrected chi connectivity index (χ1v) is 9.24. The molecular weight excluding hydrogens is 310 g/mol. The van der Waals surface area contributed by atoms with Gasteiger partial charge in [0.05, 0.1) is 18.2 Å². The number of likely N-dealkylation sites (tertiary alicyclic amines) is 1. The molecule has 0 aliphatic carbocycles. The van der Waals surface area contributed by atoms with Gasteiger partial charge in [-0.25, -0.2) is 4.98 Å². The molecule has 1 aromatic heterocycles. The molecule has 25 heavy (non-hydrogen) atoms. The summed E-state index contributed by atoms with van der Waals surface area (Å²) in [5, 5.41) is 9.13. The van der Waals surface area contributed by atoms with Crippen molar-refractivity contribution < 1.29 is 0 Å². The van der Waals surface area contributed by atoms with Gasteiger partial charge in [0.1, 0.15) is 5.82 Å². The van der Waals surface area contributed by atoms with Crippen molar-refractivity contribution in [2.24, 2.45) is 5.92 Å². The number of rotatable bonds is 4. The van der Waals surface area contributed by atoms with Crippen LogP contribution in [0.4, 0.5) is 0 Å². The van der Waals surface area contributed by atoms with Crippen LogP contribution in [-0.2, 0) is 19.6 Å². The van der Waals surface area contributed by atoms with Crippen LogP contribution in [0.3, 0.4) is 0 Å². The molecule has 0 N–H and O–H groups in total. The third-order valence-electron chi connectivity index (χ3n) is 5.32. The van der Waals surface area contributed by atoms with E-state index < -0.39 is 0 Å². The van der Waals surface area contributed by atoms with Crippen molar-refractivity contribution in [1.29, 1.82) is 5.26 Å². The number of hydrogen-bond donors (Lipinski definition) is 0. The average Bonchev–Trinajstić information content (AvgIpc) is 3.25. The zero-order valence-electron chi connectivity index (χ0n) is 14.6. The zero-order valence-corrected chi connectivity index (χ0v) is 14.6. The van der Waals surface area contributed by atoms with Gasteiger partial charge in [0, 0.05) is 44.5 Å². The van der Waals surface area contributed by atoms with Crippen LogP contribution in [0.1, 0.15) is 29.8 Å². The second-order valence-electron chi connectivity index (χ2n) is 7.35. The Balaban J connectivity index is 1.50. The Morgan fingerprint density at radius 1 is 1.16 bits per heavy atom. The highest BCUT2D eigenvalue weighted by Crippen LogP contribution is 2.20. The largest absolute Gasteiger partial charge is 0.333 e. The number of fused-ring (bicyclic) bond motifs is 1. The highest BCUT2D eigenvalue weighted by molar-refractivity contribution is 5.32. The molecule has 1 saturated heterocycles. The fourth-order valence-electron chi connectivity index (χ4n) is 4.19. The van der Waals surface area contributed by atoms with Crippen LogP contribution in [0.2, 0.25) is 0 Å². The van der Waals surface area contributed by atoms with Crippen LogP contribution < -0.4 is 0 Å². The van der Waals surface area contributed by atoms with E-state index in [9.17, 15) is 0 Å². The summed E-state index contributed by atoms with van der Waals surface area (Å²) in [4.78, 5) is 9.67. The van der Waals surface area contributed by atoms with Gasteiger partial charge in [-0.15, -0.1) is 0 Å². The summed E-state index contributed by atoms with van der Waals surface area (Å²) < 4.78 is 2.33. The Morgan fingerprint density at radius 3 is 2.88 bits per heavy atom. The number of benzene rings is 1. The van der Waals surface area contributed by atoms with E-state index in [0.717, 1.165) is 37.6 Å². The standard InChI is InChI=1S/C20H25N5/c21-11-17-4-3-5-18(10-17)12-24-14-19(13-23-7-1-2-8-23)15-25-9-6-22-20(25)16-24/h3-6,9-10,19H,1-2,7-8,12-16H2. The summed E-state index contributed by atoms with van der Waals surface area (Å²) >= 11 is 0. The summed E-state index contributed by atoms with van der Waals surface area (Å²) in [5.41, 5.74) is 1.95. The Morgan fingerprint density at radius 2 is 2.04 bits per heavy atom. The molecule has 3 heterocycles. The van der Waals surface area contributed by atoms with Crippen LogP contribution in [0.5, 0.6) is 0 Å². The minimum atomic E-state index is 0.618. The zero-order chi connectivity index (χ0) is 17.1. The van der Waals surface area contributed by atoms with Crippen LogP contribution in [0.15, 0.2) is 36.7 Å². The molecule has 5 heteroatoms. The molecular formula is C20H25N5. The molecule has 4 rings (SSSR count). The Labute approximate surface area is 149 Å². The van der Waals surface area contributed by atoms with E-state index in [-0.39, 0.29) is 0 Å². The van der Waals surface area contributed by atoms with E-state index >= 15 is 0 Å². The van der Waals surface area contributed by atoms with Crippen molar-refractivity contribution in [1.82, 2.24) is 19.4 Å². The normalized spacial score (nSPS) is 21.6. The lowest BCUT2D eigenvalue weighted by molar-refractivity contribution is 0.182. The predicted molar refractivity (Wildman–Crippen MR) is 96.7 cm³/mol. The Hall–Kier alpha value is -2.16. The van der Waals surface area contributed by atoms with Gasteiger partial charge >= 0.3 is 0 Å². The van der Waals surface area contributed by atoms with Crippen LogP contribution >= 0.6 is 0 Å². The van der Waals surface area contributed by atoms with E-state index in [2.05, 4.69) is 37.7 Å². The van der Waals surface area contributed by atoms with Gasteiger partial charge in [0.25, 0.3) is 0 Å². The summed E-state index contributed by atoms with van der Waals surface area (Å²) in [6, 6.07) is 10.2. The van der Waals surface area contributed by atoms with Crippen molar-refractivity contribution in [3.05, 3.63) is 53.6 Å². The minimum Gasteiger partial charge on any atom is -0.333 e. The van der Waals surface area contributed by atoms with Gasteiger partial charge < -0.3 is 9.47 Å². The summed E-state index contributed by atoms with van der Waals surface area (Å²) in [6.45, 7) is 7.55. The smallest absolute Gasteiger partial charge is 0.122 e. The predicted octanol–water partition coefficient (Wildman–Crippen LogP) is 2.48. The molecule has 130 valence electrons. The van der Waals surface area contributed by atoms with Crippen molar-refractivity contribution in [2.75, 3.05) is 26.2 Å². The van der Waals surface area contributed by atoms with Gasteiger partial charge in [-0.3, -0.25) is 4.90 Å². The lowest BCUT2D eigenvalue weighted by atomic mass is 10.1. The van der Waals surface area contributed by atoms with E-state index in [1.807, 2.05) is 24.4 Å². The number of nitriles is 1. The molecule has 0 saturated carbocycles. The summed E-state index contributed by atoms with van der Waals surface area (Å²) in [5.74, 6) is 1.77. The van der Waals surface area contributed by atoms with Crippen LogP contribution in [0.25, 0.3) is 0 Å². The summed E-state index contributed by atoms with van der Waals surface area (Å²) in [6.07, 6.45) is 6.72. The third kappa shape index (κ3) is 3.92. The number of imidazole rings is 1. The van der Waals surface area contributed by atoms with E-state index in [0.29, 0.717) is 5.92 Å². The molecule has 1 unspecified atom stereocenters. The highest BCUT2D eigenvalue weighted by Gasteiger charge is 2.25. The molecule has 2 aliphatic rings. The van der Waals surface area contributed by atoms with Gasteiger partial charge in [-0.1, -0.05) is 12.1 Å². The van der Waals surface area contributed by atoms with Gasteiger partial charge in [0.15, 0.2) is 0 Å². The lowest BCUT2D eigenvalue weighted by Gasteiger charge is -2.27. The quantitative estimate of drug-likeness (QED) is 0.861. The molecule has 0 spiro atoms. The van der Waals surface area contributed by atoms with Crippen molar-refractivity contribution in [2.45, 2.75) is 32.5 Å². The first-order valence-electron chi connectivity index (χ1n) is 9.24. The monoisotopic (exact) mass is 335 g/mol. The molecule has 1 aromatic carbocycles. The van der Waals surface area contributed by atoms with Crippen molar-refractivity contribution in [3.63, 3.8) is 0 Å². The second-order valence-corrected chi connectivity index (χ2v) is 7.35. The molecule has 0 amide bonds. The highest BCUT2D eigenvalue weighted by atomic mass is 15.2. The number of nitrogens with zero attached hydrogens (tertiary/aromatic N) is 5. The fourth-order valence-corrected chi connectivity index (χ4v) is 4.19. The SMILES string of the molecule is N#Cc1cccc(CN2Cc3nccn3CC(CN3CCCC3)C2)c1. The molecule has 0 bridgehead atoms. The molecule has 1 fully saturated rings. The molecule has 2 aliphatic heterocycles. The first-order chi connectivity index (χ1) is 12.3. The fraction of sp³-hybridized carbons (Fsp3) is 0.500. The van der Waals surface area contributed by atoms with Crippen molar-refractivity contribution >= 4 is 0 Å². The van der Waals surface area contributed by atoms with Crippen LogP contribution in [0, 0.1) is 17.2 Å². The van der Waals surface area contributed by atoms with Crippen molar-refractivity contribution in [3.8, 4) is 6.07 Å². The maximum atomic E-state index is 9.13. The molecule has 0 radical (unpaired) electrons. The maximum absolute atomic E-state index is 9.13. The minimum absolute atomic E-state index is 0.618. The Kier molecular flexibility index (Phi) is 4.82. The lowest BCUT2D eigenvalue weighted by Crippen LogP contribution is -2.35. The molecule has 5 nitrogen and oxygen atoms in total. The molecule has 2 aromatic rings. The van der Waals surface area contributed by atoms with E-state index in [1.54, 1.807) is 0 Å². The van der Waals surface area contributed by atoms with E-state index in [1.165, 1.54) is 38.0 Å². The summed E-state index contributed by atoms with van der Waals surface area (Å²) in [7, 11) is 0. The first kappa shape index (κ1) is 16.3. The number of aromatic nitrogens is 2. The topological polar surface area (TPSA) is 48.1 Å². The van der Waals surface area contributed by atoms with Gasteiger partial charge in [-0.05, 0) is 43.6 Å². The van der Waals surface area contributed by atoms with E-state index in [4.69, 9.17) is 5.26 Å². The average molecular weight is 335 g/mol. The second kappa shape index (κ2) is 7.38. The van der Waals surface area contributed by atoms with Gasteiger partial charge in [0.2, 0.25) is 0 Å². The maximum Gasteiger partial charge on any atom is 0.122 e. The molecule has 1 atom stereocenters. The van der Waals surface area contributed by atoms with Gasteiger partial charge in [-0.2, -0.15) is 5.26 Å². The Bertz CT molecular complexity index is 753.